The Labute approximate surface area is 95.2 Å². The maximum absolute atomic E-state index is 2.70. The van der Waals surface area contributed by atoms with Crippen LogP contribution in [-0.4, -0.2) is 24.0 Å². The Morgan fingerprint density at radius 3 is 2.20 bits per heavy atom. The smallest absolute Gasteiger partial charge is 0.00643 e. The minimum absolute atomic E-state index is 0.790. The number of nitrogens with zero attached hydrogens (tertiary/aromatic N) is 1. The molecule has 0 aromatic rings. The highest BCUT2D eigenvalue weighted by molar-refractivity contribution is 5.05. The van der Waals surface area contributed by atoms with Gasteiger partial charge in [0.2, 0.25) is 0 Å². The summed E-state index contributed by atoms with van der Waals surface area (Å²) >= 11 is 0. The third-order valence-corrected chi connectivity index (χ3v) is 5.07. The maximum Gasteiger partial charge on any atom is 0.00643 e. The molecule has 0 aromatic heterocycles. The lowest BCUT2D eigenvalue weighted by molar-refractivity contribution is 0.118. The van der Waals surface area contributed by atoms with Crippen molar-refractivity contribution in [2.24, 2.45) is 17.3 Å². The van der Waals surface area contributed by atoms with Gasteiger partial charge in [0.05, 0.1) is 0 Å². The van der Waals surface area contributed by atoms with Crippen LogP contribution in [0.2, 0.25) is 0 Å². The lowest BCUT2D eigenvalue weighted by atomic mass is 9.87. The third kappa shape index (κ3) is 2.08. The van der Waals surface area contributed by atoms with Gasteiger partial charge in [0.15, 0.2) is 0 Å². The van der Waals surface area contributed by atoms with Crippen LogP contribution in [0.5, 0.6) is 0 Å². The largest absolute Gasteiger partial charge is 0.301 e. The van der Waals surface area contributed by atoms with Gasteiger partial charge in [0.1, 0.15) is 0 Å². The van der Waals surface area contributed by atoms with Crippen molar-refractivity contribution in [3.05, 3.63) is 0 Å². The van der Waals surface area contributed by atoms with E-state index in [4.69, 9.17) is 0 Å². The number of piperidine rings is 1. The minimum atomic E-state index is 0.790. The Hall–Kier alpha value is -0.0400. The van der Waals surface area contributed by atoms with Crippen LogP contribution in [0.4, 0.5) is 0 Å². The van der Waals surface area contributed by atoms with Crippen LogP contribution in [0.3, 0.4) is 0 Å². The predicted molar refractivity (Wildman–Crippen MR) is 65.9 cm³/mol. The van der Waals surface area contributed by atoms with Crippen LogP contribution in [0, 0.1) is 17.3 Å². The molecule has 15 heavy (non-hydrogen) atoms. The number of hydrogen-bond donors (Lipinski definition) is 0. The zero-order valence-corrected chi connectivity index (χ0v) is 10.9. The SMILES string of the molecule is CCC(C)N1CCC2(CC1)CC2C(C)C. The lowest BCUT2D eigenvalue weighted by Crippen LogP contribution is -2.40. The van der Waals surface area contributed by atoms with Crippen molar-refractivity contribution in [1.29, 1.82) is 0 Å². The average molecular weight is 209 g/mol. The molecule has 2 aliphatic rings. The third-order valence-electron chi connectivity index (χ3n) is 5.07. The summed E-state index contributed by atoms with van der Waals surface area (Å²) in [5.41, 5.74) is 0.790. The van der Waals surface area contributed by atoms with E-state index in [2.05, 4.69) is 32.6 Å². The molecule has 2 rings (SSSR count). The van der Waals surface area contributed by atoms with Crippen molar-refractivity contribution in [3.8, 4) is 0 Å². The van der Waals surface area contributed by atoms with Gasteiger partial charge >= 0.3 is 0 Å². The summed E-state index contributed by atoms with van der Waals surface area (Å²) in [6, 6.07) is 0.804. The molecule has 1 saturated carbocycles. The van der Waals surface area contributed by atoms with Gasteiger partial charge in [-0.2, -0.15) is 0 Å². The zero-order chi connectivity index (χ0) is 11.1. The van der Waals surface area contributed by atoms with E-state index in [1.807, 2.05) is 0 Å². The molecule has 1 nitrogen and oxygen atoms in total. The van der Waals surface area contributed by atoms with Gasteiger partial charge in [-0.05, 0) is 62.9 Å². The molecule has 1 heterocycles. The fraction of sp³-hybridized carbons (Fsp3) is 1.00. The standard InChI is InChI=1S/C14H27N/c1-5-12(4)15-8-6-14(7-9-15)10-13(14)11(2)3/h11-13H,5-10H2,1-4H3. The van der Waals surface area contributed by atoms with E-state index in [-0.39, 0.29) is 0 Å². The predicted octanol–water partition coefficient (Wildman–Crippen LogP) is 3.54. The second-order valence-corrected chi connectivity index (χ2v) is 6.21. The van der Waals surface area contributed by atoms with Gasteiger partial charge in [-0.1, -0.05) is 20.8 Å². The molecule has 0 N–H and O–H groups in total. The first-order valence-electron chi connectivity index (χ1n) is 6.83. The molecular weight excluding hydrogens is 182 g/mol. The highest BCUT2D eigenvalue weighted by Gasteiger charge is 2.55. The lowest BCUT2D eigenvalue weighted by Gasteiger charge is -2.37. The summed E-state index contributed by atoms with van der Waals surface area (Å²) in [5.74, 6) is 1.97. The summed E-state index contributed by atoms with van der Waals surface area (Å²) in [7, 11) is 0. The molecule has 2 fully saturated rings. The van der Waals surface area contributed by atoms with Crippen molar-refractivity contribution in [2.45, 2.75) is 59.4 Å². The Bertz CT molecular complexity index is 213. The second-order valence-electron chi connectivity index (χ2n) is 6.21. The molecule has 1 aliphatic carbocycles. The Morgan fingerprint density at radius 2 is 1.80 bits per heavy atom. The second kappa shape index (κ2) is 4.08. The van der Waals surface area contributed by atoms with E-state index in [1.165, 1.54) is 38.8 Å². The minimum Gasteiger partial charge on any atom is -0.301 e. The van der Waals surface area contributed by atoms with Gasteiger partial charge in [-0.25, -0.2) is 0 Å². The molecule has 88 valence electrons. The van der Waals surface area contributed by atoms with E-state index in [0.29, 0.717) is 0 Å². The van der Waals surface area contributed by atoms with E-state index in [0.717, 1.165) is 23.3 Å². The first kappa shape index (κ1) is 11.4. The Kier molecular flexibility index (Phi) is 3.12. The van der Waals surface area contributed by atoms with Gasteiger partial charge in [-0.15, -0.1) is 0 Å². The molecular formula is C14H27N. The van der Waals surface area contributed by atoms with Crippen LogP contribution >= 0.6 is 0 Å². The van der Waals surface area contributed by atoms with E-state index < -0.39 is 0 Å². The van der Waals surface area contributed by atoms with Crippen molar-refractivity contribution in [3.63, 3.8) is 0 Å². The summed E-state index contributed by atoms with van der Waals surface area (Å²) in [6.45, 7) is 12.2. The Balaban J connectivity index is 1.83. The average Bonchev–Trinajstić information content (AvgIpc) is 2.93. The molecule has 0 bridgehead atoms. The van der Waals surface area contributed by atoms with Crippen molar-refractivity contribution >= 4 is 0 Å². The van der Waals surface area contributed by atoms with Crippen molar-refractivity contribution in [2.75, 3.05) is 13.1 Å². The summed E-state index contributed by atoms with van der Waals surface area (Å²) < 4.78 is 0. The fourth-order valence-electron chi connectivity index (χ4n) is 3.57. The molecule has 0 amide bonds. The molecule has 1 saturated heterocycles. The van der Waals surface area contributed by atoms with Gasteiger partial charge in [-0.3, -0.25) is 0 Å². The topological polar surface area (TPSA) is 3.24 Å². The normalized spacial score (nSPS) is 32.2. The molecule has 1 aliphatic heterocycles. The maximum atomic E-state index is 2.70. The summed E-state index contributed by atoms with van der Waals surface area (Å²) in [4.78, 5) is 2.70. The van der Waals surface area contributed by atoms with Crippen LogP contribution in [-0.2, 0) is 0 Å². The molecule has 1 spiro atoms. The van der Waals surface area contributed by atoms with Gasteiger partial charge in [0, 0.05) is 6.04 Å². The zero-order valence-electron chi connectivity index (χ0n) is 10.9. The Morgan fingerprint density at radius 1 is 1.20 bits per heavy atom. The number of hydrogen-bond acceptors (Lipinski definition) is 1. The number of rotatable bonds is 3. The highest BCUT2D eigenvalue weighted by atomic mass is 15.2. The van der Waals surface area contributed by atoms with E-state index in [9.17, 15) is 0 Å². The molecule has 1 heteroatoms. The van der Waals surface area contributed by atoms with Crippen molar-refractivity contribution < 1.29 is 0 Å². The fourth-order valence-corrected chi connectivity index (χ4v) is 3.57. The van der Waals surface area contributed by atoms with E-state index >= 15 is 0 Å². The van der Waals surface area contributed by atoms with E-state index in [1.54, 1.807) is 0 Å². The van der Waals surface area contributed by atoms with Gasteiger partial charge < -0.3 is 4.90 Å². The molecule has 2 unspecified atom stereocenters. The monoisotopic (exact) mass is 209 g/mol. The first-order chi connectivity index (χ1) is 7.09. The van der Waals surface area contributed by atoms with Crippen LogP contribution in [0.1, 0.15) is 53.4 Å². The molecule has 0 radical (unpaired) electrons. The van der Waals surface area contributed by atoms with Crippen LogP contribution in [0.15, 0.2) is 0 Å². The van der Waals surface area contributed by atoms with Crippen molar-refractivity contribution in [1.82, 2.24) is 4.90 Å². The summed E-state index contributed by atoms with van der Waals surface area (Å²) in [6.07, 6.45) is 5.78. The van der Waals surface area contributed by atoms with Crippen LogP contribution in [0.25, 0.3) is 0 Å². The molecule has 0 aromatic carbocycles. The first-order valence-corrected chi connectivity index (χ1v) is 6.83. The highest BCUT2D eigenvalue weighted by Crippen LogP contribution is 2.62. The summed E-state index contributed by atoms with van der Waals surface area (Å²) in [5, 5.41) is 0. The number of likely N-dealkylation sites (tertiary alicyclic amines) is 1. The van der Waals surface area contributed by atoms with Crippen LogP contribution < -0.4 is 0 Å². The molecule has 2 atom stereocenters. The quantitative estimate of drug-likeness (QED) is 0.687. The van der Waals surface area contributed by atoms with Gasteiger partial charge in [0.25, 0.3) is 0 Å².